The third-order valence-electron chi connectivity index (χ3n) is 8.01. The van der Waals surface area contributed by atoms with Crippen LogP contribution in [0.15, 0.2) is 98.1 Å². The van der Waals surface area contributed by atoms with Gasteiger partial charge in [0.1, 0.15) is 11.5 Å². The number of nitrogens with zero attached hydrogens (tertiary/aromatic N) is 6. The van der Waals surface area contributed by atoms with Crippen LogP contribution in [0.1, 0.15) is 70.6 Å². The summed E-state index contributed by atoms with van der Waals surface area (Å²) >= 11 is 5.40. The third-order valence-corrected chi connectivity index (χ3v) is 9.12. The molecule has 5 rings (SSSR count). The molecule has 0 aromatic carbocycles. The van der Waals surface area contributed by atoms with Crippen LogP contribution < -0.4 is 0 Å². The molecule has 5 heterocycles. The van der Waals surface area contributed by atoms with Crippen LogP contribution >= 0.6 is 23.6 Å². The van der Waals surface area contributed by atoms with Crippen LogP contribution in [0.3, 0.4) is 0 Å². The summed E-state index contributed by atoms with van der Waals surface area (Å²) in [5.74, 6) is -0.154. The Morgan fingerprint density at radius 1 is 0.754 bits per heavy atom. The molecule has 14 nitrogen and oxygen atoms in total. The molecule has 0 radical (unpaired) electrons. The van der Waals surface area contributed by atoms with Crippen LogP contribution in [0.25, 0.3) is 70.0 Å². The van der Waals surface area contributed by atoms with Crippen molar-refractivity contribution in [1.29, 1.82) is 5.41 Å². The first-order chi connectivity index (χ1) is 30.9. The van der Waals surface area contributed by atoms with E-state index in [0.717, 1.165) is 22.4 Å². The van der Waals surface area contributed by atoms with E-state index in [1.54, 1.807) is 90.5 Å². The molecule has 0 saturated heterocycles. The monoisotopic (exact) mass is 1010 g/mol. The van der Waals surface area contributed by atoms with E-state index in [0.29, 0.717) is 59.5 Å². The summed E-state index contributed by atoms with van der Waals surface area (Å²) in [6, 6.07) is 16.3. The number of pyridine rings is 3. The summed E-state index contributed by atoms with van der Waals surface area (Å²) in [5, 5.41) is 15.4. The van der Waals surface area contributed by atoms with Crippen molar-refractivity contribution in [1.82, 2.24) is 24.9 Å². The van der Waals surface area contributed by atoms with Gasteiger partial charge in [0, 0.05) is 28.3 Å². The average Bonchev–Trinajstić information content (AvgIpc) is 3.75. The quantitative estimate of drug-likeness (QED) is 0.0147. The van der Waals surface area contributed by atoms with Crippen molar-refractivity contribution in [3.63, 3.8) is 0 Å². The molecule has 0 saturated carbocycles. The second-order valence-corrected chi connectivity index (χ2v) is 13.9. The van der Waals surface area contributed by atoms with E-state index in [4.69, 9.17) is 16.6 Å². The molecule has 0 fully saturated rings. The van der Waals surface area contributed by atoms with Gasteiger partial charge in [-0.1, -0.05) is 44.1 Å². The van der Waals surface area contributed by atoms with Crippen LogP contribution in [0, 0.1) is 5.41 Å². The van der Waals surface area contributed by atoms with Gasteiger partial charge in [0.05, 0.1) is 47.3 Å². The second-order valence-electron chi connectivity index (χ2n) is 12.5. The number of carbonyl (C=O) groups is 3. The molecule has 0 aliphatic carbocycles. The first-order valence-corrected chi connectivity index (χ1v) is 20.1. The van der Waals surface area contributed by atoms with Gasteiger partial charge in [0.15, 0.2) is 0 Å². The largest absolute Gasteiger partial charge is 2.00 e. The van der Waals surface area contributed by atoms with Crippen molar-refractivity contribution < 1.29 is 61.2 Å². The Labute approximate surface area is 394 Å². The SMILES string of the molecule is CCCCCCc1ccc(/C=C/c2ccnc(/C([NH-])=C/C(=N)C(F)(F)F)n2)s1.O=CO/C=C/c1ccnc(-c2cc(/C=C/OC=O)cc(-c3cc(/C=C/OC=O)ccn3)n2)c1.[N-]=C=S.[Ru+2]. The van der Waals surface area contributed by atoms with Crippen LogP contribution in [-0.2, 0) is 54.5 Å². The number of aryl methyl sites for hydroxylation is 1. The molecule has 2 N–H and O–H groups in total. The number of thiocarbonyl (C=S) groups is 1. The van der Waals surface area contributed by atoms with Crippen molar-refractivity contribution in [2.75, 3.05) is 0 Å². The molecule has 0 atom stereocenters. The number of hydrogen-bond acceptors (Lipinski definition) is 14. The van der Waals surface area contributed by atoms with E-state index < -0.39 is 17.6 Å². The van der Waals surface area contributed by atoms with E-state index >= 15 is 0 Å². The maximum absolute atomic E-state index is 12.4. The number of aromatic nitrogens is 5. The fourth-order valence-corrected chi connectivity index (χ4v) is 6.10. The predicted octanol–water partition coefficient (Wildman–Crippen LogP) is 11.1. The summed E-state index contributed by atoms with van der Waals surface area (Å²) < 4.78 is 51.1. The molecule has 20 heteroatoms. The summed E-state index contributed by atoms with van der Waals surface area (Å²) in [6.45, 7) is 3.15. The number of halogens is 3. The number of hydrogen-bond donors (Lipinski definition) is 1. The molecule has 336 valence electrons. The van der Waals surface area contributed by atoms with Crippen molar-refractivity contribution in [2.45, 2.75) is 45.2 Å². The van der Waals surface area contributed by atoms with E-state index in [9.17, 15) is 27.6 Å². The van der Waals surface area contributed by atoms with Gasteiger partial charge in [-0.15, -0.1) is 11.3 Å². The number of unbranched alkanes of at least 4 members (excludes halogenated alkanes) is 3. The van der Waals surface area contributed by atoms with Crippen molar-refractivity contribution in [2.24, 2.45) is 0 Å². The maximum atomic E-state index is 12.4. The zero-order valence-corrected chi connectivity index (χ0v) is 37.7. The number of allylic oxidation sites excluding steroid dienone is 1. The summed E-state index contributed by atoms with van der Waals surface area (Å²) in [4.78, 5) is 54.9. The number of nitrogens with one attached hydrogen (secondary N) is 2. The molecule has 0 spiro atoms. The Hall–Kier alpha value is -6.98. The Balaban J connectivity index is 0.000000420. The molecule has 0 unspecified atom stereocenters. The average molecular weight is 1010 g/mol. The van der Waals surface area contributed by atoms with Gasteiger partial charge in [0.2, 0.25) is 0 Å². The standard InChI is InChI=1S/C24H17N3O6.C20H22F3N4S.CNS.Ru/c28-15-31-8-3-18-1-6-25-21(11-18)23-13-20(5-10-33-17-30)14-24(27-23)22-12-19(2-7-26-22)4-9-32-16-29;1-2-3-4-5-6-15-9-10-16(28-15)8-7-14-11-12-26-19(27-14)17(24)13-18(25)20(21,22)23;2-1-3;/h1-17H;7-13,24-25H,2-6H2,1H3;;/q;2*-1;+2/b8-3+,9-4+,10-5+;8-7+,17-13-,25-18?;;. The van der Waals surface area contributed by atoms with Crippen LogP contribution in [0.5, 0.6) is 0 Å². The molecule has 0 aliphatic rings. The molecule has 0 bridgehead atoms. The number of carbonyl (C=O) groups excluding carboxylic acids is 3. The number of alkyl halides is 3. The van der Waals surface area contributed by atoms with E-state index in [2.05, 4.69) is 64.3 Å². The van der Waals surface area contributed by atoms with Crippen LogP contribution in [0.2, 0.25) is 0 Å². The molecule has 65 heavy (non-hydrogen) atoms. The van der Waals surface area contributed by atoms with Crippen molar-refractivity contribution in [3.8, 4) is 22.8 Å². The predicted molar refractivity (Wildman–Crippen MR) is 244 cm³/mol. The molecule has 5 aromatic heterocycles. The molecule has 0 amide bonds. The molecular weight excluding hydrogens is 971 g/mol. The Bertz CT molecular complexity index is 2440. The normalized spacial score (nSPS) is 11.2. The minimum Gasteiger partial charge on any atom is -0.753 e. The third kappa shape index (κ3) is 20.4. The first-order valence-electron chi connectivity index (χ1n) is 18.9. The Morgan fingerprint density at radius 2 is 1.28 bits per heavy atom. The summed E-state index contributed by atoms with van der Waals surface area (Å²) in [6.07, 6.45) is 18.4. The number of thiophene rings is 1. The number of ether oxygens (including phenoxy) is 3. The molecule has 0 aliphatic heterocycles. The Kier molecular flexibility index (Phi) is 25.1. The molecule has 5 aromatic rings. The Morgan fingerprint density at radius 3 is 1.80 bits per heavy atom. The second kappa shape index (κ2) is 30.2. The van der Waals surface area contributed by atoms with Gasteiger partial charge < -0.3 is 25.4 Å². The topological polar surface area (TPSA) is 213 Å². The van der Waals surface area contributed by atoms with Gasteiger partial charge in [-0.25, -0.2) is 15.0 Å². The smallest absolute Gasteiger partial charge is 0.753 e. The minimum absolute atomic E-state index is 0. The van der Waals surface area contributed by atoms with Gasteiger partial charge in [0.25, 0.3) is 19.4 Å². The number of rotatable bonds is 20. The van der Waals surface area contributed by atoms with E-state index in [1.807, 2.05) is 12.1 Å². The van der Waals surface area contributed by atoms with Crippen molar-refractivity contribution >= 4 is 89.9 Å². The maximum Gasteiger partial charge on any atom is 2.00 e. The van der Waals surface area contributed by atoms with E-state index in [-0.39, 0.29) is 25.3 Å². The summed E-state index contributed by atoms with van der Waals surface area (Å²) in [5.41, 5.74) is 10.4. The van der Waals surface area contributed by atoms with E-state index in [1.165, 1.54) is 60.7 Å². The number of isothiocyanates is 1. The van der Waals surface area contributed by atoms with Crippen molar-refractivity contribution in [3.05, 3.63) is 147 Å². The van der Waals surface area contributed by atoms with Gasteiger partial charge in [-0.3, -0.25) is 29.8 Å². The van der Waals surface area contributed by atoms with Gasteiger partial charge >= 0.3 is 25.7 Å². The molecular formula is C45H39F3N8O6RuS2. The fraction of sp³-hybridized carbons (Fsp3) is 0.156. The van der Waals surface area contributed by atoms with Crippen LogP contribution in [-0.4, -0.2) is 61.4 Å². The van der Waals surface area contributed by atoms with Gasteiger partial charge in [-0.05, 0) is 121 Å². The first kappa shape index (κ1) is 54.2. The van der Waals surface area contributed by atoms with Crippen LogP contribution in [0.4, 0.5) is 13.2 Å². The van der Waals surface area contributed by atoms with Gasteiger partial charge in [-0.2, -0.15) is 18.3 Å². The fourth-order valence-electron chi connectivity index (χ4n) is 5.14. The zero-order valence-electron chi connectivity index (χ0n) is 34.3. The minimum atomic E-state index is -4.79. The summed E-state index contributed by atoms with van der Waals surface area (Å²) in [7, 11) is 0. The zero-order chi connectivity index (χ0) is 46.6.